The van der Waals surface area contributed by atoms with E-state index in [0.29, 0.717) is 12.5 Å². The average Bonchev–Trinajstić information content (AvgIpc) is 3.29. The Morgan fingerprint density at radius 3 is 2.63 bits per heavy atom. The molecule has 0 amide bonds. The van der Waals surface area contributed by atoms with Crippen molar-refractivity contribution in [3.05, 3.63) is 71.6 Å². The second kappa shape index (κ2) is 11.1. The smallest absolute Gasteiger partial charge is 0.194 e. The normalized spacial score (nSPS) is 11.5. The minimum Gasteiger partial charge on any atom is -0.349 e. The summed E-state index contributed by atoms with van der Waals surface area (Å²) < 4.78 is 4.04. The molecule has 3 aromatic rings. The minimum absolute atomic E-state index is 0. The lowest BCUT2D eigenvalue weighted by Gasteiger charge is -2.22. The van der Waals surface area contributed by atoms with Crippen molar-refractivity contribution in [2.75, 3.05) is 14.1 Å². The van der Waals surface area contributed by atoms with Gasteiger partial charge in [0, 0.05) is 58.4 Å². The van der Waals surface area contributed by atoms with Crippen LogP contribution in [0.1, 0.15) is 42.4 Å². The maximum absolute atomic E-state index is 4.60. The van der Waals surface area contributed by atoms with Crippen LogP contribution in [0.15, 0.2) is 53.9 Å². The van der Waals surface area contributed by atoms with Gasteiger partial charge in [-0.05, 0) is 11.5 Å². The first-order valence-electron chi connectivity index (χ1n) is 9.96. The molecule has 0 saturated heterocycles. The van der Waals surface area contributed by atoms with Crippen LogP contribution in [0.4, 0.5) is 0 Å². The van der Waals surface area contributed by atoms with Crippen molar-refractivity contribution >= 4 is 29.9 Å². The van der Waals surface area contributed by atoms with Gasteiger partial charge in [-0.3, -0.25) is 9.67 Å². The van der Waals surface area contributed by atoms with Gasteiger partial charge in [0.15, 0.2) is 5.96 Å². The van der Waals surface area contributed by atoms with Crippen LogP contribution in [-0.2, 0) is 26.7 Å². The maximum atomic E-state index is 4.60. The second-order valence-electron chi connectivity index (χ2n) is 7.58. The van der Waals surface area contributed by atoms with E-state index in [1.165, 1.54) is 11.1 Å². The highest BCUT2D eigenvalue weighted by Crippen LogP contribution is 2.18. The van der Waals surface area contributed by atoms with Gasteiger partial charge in [0.25, 0.3) is 0 Å². The molecule has 0 atom stereocenters. The zero-order valence-electron chi connectivity index (χ0n) is 18.4. The number of guanidine groups is 1. The van der Waals surface area contributed by atoms with Crippen LogP contribution < -0.4 is 5.32 Å². The van der Waals surface area contributed by atoms with Gasteiger partial charge in [0.2, 0.25) is 0 Å². The molecule has 0 fully saturated rings. The monoisotopic (exact) mass is 521 g/mol. The van der Waals surface area contributed by atoms with Gasteiger partial charge in [0.1, 0.15) is 5.82 Å². The zero-order chi connectivity index (χ0) is 20.8. The third kappa shape index (κ3) is 6.07. The first-order chi connectivity index (χ1) is 14.0. The number of nitrogens with zero attached hydrogens (tertiary/aromatic N) is 6. The van der Waals surface area contributed by atoms with Crippen LogP contribution in [0.5, 0.6) is 0 Å². The van der Waals surface area contributed by atoms with Gasteiger partial charge in [-0.2, -0.15) is 5.10 Å². The van der Waals surface area contributed by atoms with Gasteiger partial charge < -0.3 is 14.8 Å². The lowest BCUT2D eigenvalue weighted by molar-refractivity contribution is 0.471. The largest absolute Gasteiger partial charge is 0.349 e. The Bertz CT molecular complexity index is 944. The lowest BCUT2D eigenvalue weighted by atomic mass is 10.1. The van der Waals surface area contributed by atoms with Crippen LogP contribution >= 0.6 is 24.0 Å². The summed E-state index contributed by atoms with van der Waals surface area (Å²) in [6, 6.07) is 10.4. The predicted octanol–water partition coefficient (Wildman–Crippen LogP) is 3.61. The van der Waals surface area contributed by atoms with E-state index in [2.05, 4.69) is 74.2 Å². The van der Waals surface area contributed by atoms with E-state index in [1.807, 2.05) is 44.3 Å². The molecule has 0 spiro atoms. The van der Waals surface area contributed by atoms with E-state index in [0.717, 1.165) is 30.6 Å². The van der Waals surface area contributed by atoms with Gasteiger partial charge in [-0.15, -0.1) is 24.0 Å². The standard InChI is InChI=1S/C22H31N7.HI/c1-17(2)21-19(16-28(5)26-21)15-27(4)22(23-3)25-13-20-24-11-12-29(20)14-18-9-7-6-8-10-18;/h6-12,16-17H,13-15H2,1-5H3,(H,23,25);1H. The number of rotatable bonds is 7. The number of nitrogens with one attached hydrogen (secondary N) is 1. The molecular formula is C22H32IN7. The Morgan fingerprint density at radius 2 is 1.97 bits per heavy atom. The van der Waals surface area contributed by atoms with Crippen LogP contribution in [-0.4, -0.2) is 44.3 Å². The highest BCUT2D eigenvalue weighted by atomic mass is 127. The molecule has 8 heteroatoms. The number of hydrogen-bond donors (Lipinski definition) is 1. The summed E-state index contributed by atoms with van der Waals surface area (Å²) in [5.74, 6) is 2.20. The molecule has 0 aliphatic rings. The Balaban J connectivity index is 0.00000320. The number of aliphatic imine (C=N–C) groups is 1. The van der Waals surface area contributed by atoms with Gasteiger partial charge in [0.05, 0.1) is 12.2 Å². The van der Waals surface area contributed by atoms with Crippen LogP contribution in [0.3, 0.4) is 0 Å². The molecule has 2 heterocycles. The molecule has 7 nitrogen and oxygen atoms in total. The summed E-state index contributed by atoms with van der Waals surface area (Å²) >= 11 is 0. The summed E-state index contributed by atoms with van der Waals surface area (Å²) in [5, 5.41) is 8.04. The Labute approximate surface area is 196 Å². The Kier molecular flexibility index (Phi) is 8.88. The zero-order valence-corrected chi connectivity index (χ0v) is 20.7. The number of hydrogen-bond acceptors (Lipinski definition) is 3. The SMILES string of the molecule is CN=C(NCc1nccn1Cc1ccccc1)N(C)Cc1cn(C)nc1C(C)C.I. The van der Waals surface area contributed by atoms with Gasteiger partial charge in [-0.1, -0.05) is 44.2 Å². The fraction of sp³-hybridized carbons (Fsp3) is 0.409. The fourth-order valence-corrected chi connectivity index (χ4v) is 3.47. The van der Waals surface area contributed by atoms with Crippen molar-refractivity contribution in [1.29, 1.82) is 0 Å². The van der Waals surface area contributed by atoms with Crippen molar-refractivity contribution < 1.29 is 0 Å². The molecule has 162 valence electrons. The van der Waals surface area contributed by atoms with Gasteiger partial charge >= 0.3 is 0 Å². The van der Waals surface area contributed by atoms with E-state index in [4.69, 9.17) is 0 Å². The number of imidazole rings is 1. The molecular weight excluding hydrogens is 489 g/mol. The molecule has 0 unspecified atom stereocenters. The lowest BCUT2D eigenvalue weighted by Crippen LogP contribution is -2.38. The van der Waals surface area contributed by atoms with E-state index in [-0.39, 0.29) is 24.0 Å². The minimum atomic E-state index is 0. The molecule has 0 saturated carbocycles. The highest BCUT2D eigenvalue weighted by Gasteiger charge is 2.15. The second-order valence-corrected chi connectivity index (χ2v) is 7.58. The molecule has 3 rings (SSSR count). The van der Waals surface area contributed by atoms with Crippen molar-refractivity contribution in [1.82, 2.24) is 29.5 Å². The molecule has 0 radical (unpaired) electrons. The summed E-state index contributed by atoms with van der Waals surface area (Å²) in [7, 11) is 5.82. The van der Waals surface area contributed by atoms with Crippen molar-refractivity contribution in [2.24, 2.45) is 12.0 Å². The summed E-state index contributed by atoms with van der Waals surface area (Å²) in [6.07, 6.45) is 5.95. The molecule has 0 aliphatic heterocycles. The highest BCUT2D eigenvalue weighted by molar-refractivity contribution is 14.0. The molecule has 0 aliphatic carbocycles. The number of benzene rings is 1. The Hall–Kier alpha value is -2.36. The van der Waals surface area contributed by atoms with Crippen LogP contribution in [0.25, 0.3) is 0 Å². The van der Waals surface area contributed by atoms with E-state index < -0.39 is 0 Å². The first-order valence-corrected chi connectivity index (χ1v) is 9.96. The summed E-state index contributed by atoms with van der Waals surface area (Å²) in [4.78, 5) is 11.1. The van der Waals surface area contributed by atoms with Crippen LogP contribution in [0.2, 0.25) is 0 Å². The molecule has 2 aromatic heterocycles. The molecule has 1 N–H and O–H groups in total. The van der Waals surface area contributed by atoms with Crippen LogP contribution in [0, 0.1) is 0 Å². The van der Waals surface area contributed by atoms with Crippen molar-refractivity contribution in [3.63, 3.8) is 0 Å². The Morgan fingerprint density at radius 1 is 1.23 bits per heavy atom. The number of halogens is 1. The topological polar surface area (TPSA) is 63.3 Å². The van der Waals surface area contributed by atoms with E-state index >= 15 is 0 Å². The third-order valence-electron chi connectivity index (χ3n) is 4.87. The quantitative estimate of drug-likeness (QED) is 0.293. The third-order valence-corrected chi connectivity index (χ3v) is 4.87. The van der Waals surface area contributed by atoms with Gasteiger partial charge in [-0.25, -0.2) is 4.98 Å². The molecule has 0 bridgehead atoms. The fourth-order valence-electron chi connectivity index (χ4n) is 3.47. The van der Waals surface area contributed by atoms with Crippen molar-refractivity contribution in [3.8, 4) is 0 Å². The van der Waals surface area contributed by atoms with E-state index in [1.54, 1.807) is 0 Å². The first kappa shape index (κ1) is 23.9. The number of aryl methyl sites for hydroxylation is 1. The average molecular weight is 521 g/mol. The maximum Gasteiger partial charge on any atom is 0.194 e. The summed E-state index contributed by atoms with van der Waals surface area (Å²) in [6.45, 7) is 6.51. The molecule has 1 aromatic carbocycles. The summed E-state index contributed by atoms with van der Waals surface area (Å²) in [5.41, 5.74) is 3.61. The van der Waals surface area contributed by atoms with Crippen molar-refractivity contribution in [2.45, 2.75) is 39.4 Å². The number of aromatic nitrogens is 4. The molecule has 30 heavy (non-hydrogen) atoms. The predicted molar refractivity (Wildman–Crippen MR) is 132 cm³/mol. The van der Waals surface area contributed by atoms with E-state index in [9.17, 15) is 0 Å².